The van der Waals surface area contributed by atoms with Gasteiger partial charge in [0.25, 0.3) is 5.91 Å². The van der Waals surface area contributed by atoms with E-state index < -0.39 is 0 Å². The first-order valence-electron chi connectivity index (χ1n) is 6.49. The number of unbranched alkanes of at least 4 members (excludes halogenated alkanes) is 1. The van der Waals surface area contributed by atoms with E-state index in [1.165, 1.54) is 0 Å². The van der Waals surface area contributed by atoms with Crippen molar-refractivity contribution in [3.05, 3.63) is 29.8 Å². The predicted molar refractivity (Wildman–Crippen MR) is 72.8 cm³/mol. The summed E-state index contributed by atoms with van der Waals surface area (Å²) in [5, 5.41) is 2.83. The summed E-state index contributed by atoms with van der Waals surface area (Å²) in [5.74, 6) is 0.548. The number of hydrogen-bond donors (Lipinski definition) is 2. The summed E-state index contributed by atoms with van der Waals surface area (Å²) in [6.45, 7) is 3.92. The zero-order valence-corrected chi connectivity index (χ0v) is 10.9. The summed E-state index contributed by atoms with van der Waals surface area (Å²) in [4.78, 5) is 11.9. The number of amides is 1. The number of carbonyl (C=O) groups excluding carboxylic acids is 1. The van der Waals surface area contributed by atoms with Crippen LogP contribution in [-0.2, 0) is 0 Å². The zero-order valence-electron chi connectivity index (χ0n) is 10.9. The Labute approximate surface area is 109 Å². The maximum absolute atomic E-state index is 11.9. The van der Waals surface area contributed by atoms with Crippen LogP contribution in [0.3, 0.4) is 0 Å². The van der Waals surface area contributed by atoms with Crippen molar-refractivity contribution < 1.29 is 9.53 Å². The van der Waals surface area contributed by atoms with Crippen LogP contribution in [0.25, 0.3) is 0 Å². The van der Waals surface area contributed by atoms with Crippen LogP contribution >= 0.6 is 0 Å². The molecular formula is C14H22N2O2. The second kappa shape index (κ2) is 8.53. The monoisotopic (exact) mass is 250 g/mol. The molecule has 0 saturated heterocycles. The average Bonchev–Trinajstić information content (AvgIpc) is 2.40. The van der Waals surface area contributed by atoms with Crippen molar-refractivity contribution in [1.29, 1.82) is 0 Å². The molecule has 0 aliphatic carbocycles. The molecule has 1 amide bonds. The lowest BCUT2D eigenvalue weighted by atomic mass is 10.2. The molecule has 1 rings (SSSR count). The van der Waals surface area contributed by atoms with E-state index in [1.807, 2.05) is 18.2 Å². The molecule has 0 bridgehead atoms. The summed E-state index contributed by atoms with van der Waals surface area (Å²) >= 11 is 0. The highest BCUT2D eigenvalue weighted by Gasteiger charge is 2.10. The van der Waals surface area contributed by atoms with E-state index in [0.29, 0.717) is 31.0 Å². The number of carbonyl (C=O) groups is 1. The van der Waals surface area contributed by atoms with Gasteiger partial charge in [0.05, 0.1) is 12.2 Å². The van der Waals surface area contributed by atoms with E-state index in [1.54, 1.807) is 6.07 Å². The molecule has 0 heterocycles. The topological polar surface area (TPSA) is 64.3 Å². The molecule has 0 unspecified atom stereocenters. The van der Waals surface area contributed by atoms with Crippen LogP contribution in [0.5, 0.6) is 5.75 Å². The normalized spacial score (nSPS) is 10.1. The first-order chi connectivity index (χ1) is 8.79. The first kappa shape index (κ1) is 14.5. The van der Waals surface area contributed by atoms with Gasteiger partial charge in [0, 0.05) is 6.54 Å². The SMILES string of the molecule is CCCCOc1ccccc1C(=O)NCCCN. The van der Waals surface area contributed by atoms with E-state index in [2.05, 4.69) is 12.2 Å². The minimum atomic E-state index is -0.101. The van der Waals surface area contributed by atoms with E-state index in [9.17, 15) is 4.79 Å². The minimum Gasteiger partial charge on any atom is -0.493 e. The lowest BCUT2D eigenvalue weighted by Crippen LogP contribution is -2.26. The maximum atomic E-state index is 11.9. The fourth-order valence-corrected chi connectivity index (χ4v) is 1.51. The third-order valence-electron chi connectivity index (χ3n) is 2.55. The lowest BCUT2D eigenvalue weighted by Gasteiger charge is -2.11. The van der Waals surface area contributed by atoms with Gasteiger partial charge in [0.15, 0.2) is 0 Å². The summed E-state index contributed by atoms with van der Waals surface area (Å²) in [6, 6.07) is 7.31. The Kier molecular flexibility index (Phi) is 6.87. The molecule has 3 N–H and O–H groups in total. The van der Waals surface area contributed by atoms with Gasteiger partial charge in [0.2, 0.25) is 0 Å². The molecule has 4 nitrogen and oxygen atoms in total. The number of para-hydroxylation sites is 1. The highest BCUT2D eigenvalue weighted by Crippen LogP contribution is 2.18. The van der Waals surface area contributed by atoms with Crippen molar-refractivity contribution in [3.8, 4) is 5.75 Å². The Bertz CT molecular complexity index is 367. The highest BCUT2D eigenvalue weighted by atomic mass is 16.5. The van der Waals surface area contributed by atoms with Gasteiger partial charge in [-0.1, -0.05) is 25.5 Å². The maximum Gasteiger partial charge on any atom is 0.255 e. The number of nitrogens with one attached hydrogen (secondary N) is 1. The van der Waals surface area contributed by atoms with Gasteiger partial charge >= 0.3 is 0 Å². The number of rotatable bonds is 8. The molecule has 0 aromatic heterocycles. The molecule has 18 heavy (non-hydrogen) atoms. The number of hydrogen-bond acceptors (Lipinski definition) is 3. The molecule has 0 aliphatic rings. The van der Waals surface area contributed by atoms with Gasteiger partial charge in [-0.2, -0.15) is 0 Å². The van der Waals surface area contributed by atoms with E-state index in [4.69, 9.17) is 10.5 Å². The van der Waals surface area contributed by atoms with Gasteiger partial charge < -0.3 is 15.8 Å². The van der Waals surface area contributed by atoms with Crippen molar-refractivity contribution in [2.24, 2.45) is 5.73 Å². The van der Waals surface area contributed by atoms with Crippen LogP contribution in [0.2, 0.25) is 0 Å². The first-order valence-corrected chi connectivity index (χ1v) is 6.49. The third kappa shape index (κ3) is 4.75. The molecule has 100 valence electrons. The van der Waals surface area contributed by atoms with E-state index in [-0.39, 0.29) is 5.91 Å². The average molecular weight is 250 g/mol. The smallest absolute Gasteiger partial charge is 0.255 e. The van der Waals surface area contributed by atoms with Gasteiger partial charge in [-0.25, -0.2) is 0 Å². The zero-order chi connectivity index (χ0) is 13.2. The quantitative estimate of drug-likeness (QED) is 0.693. The molecule has 0 saturated carbocycles. The molecule has 0 aliphatic heterocycles. The predicted octanol–water partition coefficient (Wildman–Crippen LogP) is 1.94. The second-order valence-corrected chi connectivity index (χ2v) is 4.10. The van der Waals surface area contributed by atoms with Gasteiger partial charge in [-0.3, -0.25) is 4.79 Å². The summed E-state index contributed by atoms with van der Waals surface area (Å²) in [6.07, 6.45) is 2.85. The minimum absolute atomic E-state index is 0.101. The molecule has 4 heteroatoms. The van der Waals surface area contributed by atoms with Crippen LogP contribution in [0.1, 0.15) is 36.5 Å². The Morgan fingerprint density at radius 3 is 2.83 bits per heavy atom. The van der Waals surface area contributed by atoms with Gasteiger partial charge in [-0.15, -0.1) is 0 Å². The Balaban J connectivity index is 2.59. The van der Waals surface area contributed by atoms with Crippen molar-refractivity contribution in [2.75, 3.05) is 19.7 Å². The molecular weight excluding hydrogens is 228 g/mol. The fourth-order valence-electron chi connectivity index (χ4n) is 1.51. The molecule has 1 aromatic rings. The Morgan fingerprint density at radius 2 is 2.11 bits per heavy atom. The number of ether oxygens (including phenoxy) is 1. The fraction of sp³-hybridized carbons (Fsp3) is 0.500. The highest BCUT2D eigenvalue weighted by molar-refractivity contribution is 5.96. The summed E-state index contributed by atoms with van der Waals surface area (Å²) < 4.78 is 5.62. The summed E-state index contributed by atoms with van der Waals surface area (Å²) in [7, 11) is 0. The number of benzene rings is 1. The van der Waals surface area contributed by atoms with Gasteiger partial charge in [-0.05, 0) is 31.5 Å². The Morgan fingerprint density at radius 1 is 1.33 bits per heavy atom. The number of nitrogens with two attached hydrogens (primary N) is 1. The molecule has 0 spiro atoms. The molecule has 1 aromatic carbocycles. The van der Waals surface area contributed by atoms with Crippen molar-refractivity contribution in [2.45, 2.75) is 26.2 Å². The van der Waals surface area contributed by atoms with Crippen LogP contribution in [0.4, 0.5) is 0 Å². The van der Waals surface area contributed by atoms with Gasteiger partial charge in [0.1, 0.15) is 5.75 Å². The van der Waals surface area contributed by atoms with Crippen LogP contribution in [-0.4, -0.2) is 25.6 Å². The summed E-state index contributed by atoms with van der Waals surface area (Å²) in [5.41, 5.74) is 5.98. The standard InChI is InChI=1S/C14H22N2O2/c1-2-3-11-18-13-8-5-4-7-12(13)14(17)16-10-6-9-15/h4-5,7-8H,2-3,6,9-11,15H2,1H3,(H,16,17). The van der Waals surface area contributed by atoms with E-state index in [0.717, 1.165) is 19.3 Å². The molecule has 0 radical (unpaired) electrons. The van der Waals surface area contributed by atoms with Crippen LogP contribution in [0.15, 0.2) is 24.3 Å². The largest absolute Gasteiger partial charge is 0.493 e. The molecule has 0 fully saturated rings. The molecule has 0 atom stereocenters. The van der Waals surface area contributed by atoms with Crippen molar-refractivity contribution in [3.63, 3.8) is 0 Å². The Hall–Kier alpha value is -1.55. The van der Waals surface area contributed by atoms with Crippen molar-refractivity contribution in [1.82, 2.24) is 5.32 Å². The second-order valence-electron chi connectivity index (χ2n) is 4.10. The van der Waals surface area contributed by atoms with Crippen molar-refractivity contribution >= 4 is 5.91 Å². The third-order valence-corrected chi connectivity index (χ3v) is 2.55. The van der Waals surface area contributed by atoms with E-state index >= 15 is 0 Å². The van der Waals surface area contributed by atoms with Crippen LogP contribution < -0.4 is 15.8 Å². The lowest BCUT2D eigenvalue weighted by molar-refractivity contribution is 0.0949. The van der Waals surface area contributed by atoms with Crippen LogP contribution in [0, 0.1) is 0 Å².